The van der Waals surface area contributed by atoms with Crippen molar-refractivity contribution < 1.29 is 0 Å². The molecule has 126 valence electrons. The van der Waals surface area contributed by atoms with Crippen molar-refractivity contribution in [3.05, 3.63) is 109 Å². The van der Waals surface area contributed by atoms with Gasteiger partial charge in [-0.3, -0.25) is 0 Å². The molecule has 1 aliphatic rings. The molecule has 27 heavy (non-hydrogen) atoms. The molecule has 4 aromatic carbocycles. The minimum absolute atomic E-state index is 0.987. The van der Waals surface area contributed by atoms with E-state index in [-0.39, 0.29) is 0 Å². The predicted molar refractivity (Wildman–Crippen MR) is 117 cm³/mol. The van der Waals surface area contributed by atoms with Crippen LogP contribution in [0.15, 0.2) is 103 Å². The van der Waals surface area contributed by atoms with Gasteiger partial charge in [0.05, 0.1) is 0 Å². The Kier molecular flexibility index (Phi) is 3.60. The molecule has 0 N–H and O–H groups in total. The highest BCUT2D eigenvalue weighted by Gasteiger charge is 2.48. The zero-order valence-corrected chi connectivity index (χ0v) is 15.9. The van der Waals surface area contributed by atoms with E-state index in [0.29, 0.717) is 0 Å². The fourth-order valence-corrected chi connectivity index (χ4v) is 9.82. The van der Waals surface area contributed by atoms with Gasteiger partial charge in [-0.05, 0) is 37.9 Å². The lowest BCUT2D eigenvalue weighted by Crippen LogP contribution is -2.72. The Bertz CT molecular complexity index is 1130. The molecule has 0 aliphatic carbocycles. The van der Waals surface area contributed by atoms with E-state index < -0.39 is 8.07 Å². The molecule has 0 spiro atoms. The van der Waals surface area contributed by atoms with E-state index in [1.54, 1.807) is 0 Å². The minimum atomic E-state index is -2.37. The van der Waals surface area contributed by atoms with Crippen molar-refractivity contribution in [3.63, 3.8) is 0 Å². The first-order valence-electron chi connectivity index (χ1n) is 9.18. The Morgan fingerprint density at radius 3 is 1.74 bits per heavy atom. The van der Waals surface area contributed by atoms with Gasteiger partial charge in [-0.1, -0.05) is 103 Å². The van der Waals surface area contributed by atoms with Crippen molar-refractivity contribution in [1.82, 2.24) is 0 Å². The normalized spacial score (nSPS) is 13.4. The maximum atomic E-state index is 5.91. The minimum Gasteiger partial charge on any atom is -0.115 e. The highest BCUT2D eigenvalue weighted by atomic mass is 28.3. The van der Waals surface area contributed by atoms with Gasteiger partial charge < -0.3 is 0 Å². The van der Waals surface area contributed by atoms with E-state index >= 15 is 0 Å². The van der Waals surface area contributed by atoms with Gasteiger partial charge in [0, 0.05) is 5.56 Å². The summed E-state index contributed by atoms with van der Waals surface area (Å²) < 4.78 is 0. The van der Waals surface area contributed by atoms with Crippen molar-refractivity contribution in [2.75, 3.05) is 0 Å². The van der Waals surface area contributed by atoms with Gasteiger partial charge in [-0.25, -0.2) is 0 Å². The second kappa shape index (κ2) is 6.12. The van der Waals surface area contributed by atoms with E-state index in [2.05, 4.69) is 109 Å². The molecule has 1 aliphatic heterocycles. The van der Waals surface area contributed by atoms with E-state index in [9.17, 15) is 0 Å². The highest BCUT2D eigenvalue weighted by Crippen LogP contribution is 2.30. The summed E-state index contributed by atoms with van der Waals surface area (Å²) in [6.07, 6.45) is 5.91. The Hall–Kier alpha value is -3.34. The molecule has 0 amide bonds. The molecule has 0 nitrogen and oxygen atoms in total. The van der Waals surface area contributed by atoms with Crippen LogP contribution < -0.4 is 20.7 Å². The summed E-state index contributed by atoms with van der Waals surface area (Å²) in [4.78, 5) is 0. The first-order chi connectivity index (χ1) is 13.4. The van der Waals surface area contributed by atoms with E-state index in [1.165, 1.54) is 31.9 Å². The number of fused-ring (bicyclic) bond motifs is 3. The van der Waals surface area contributed by atoms with Gasteiger partial charge in [0.1, 0.15) is 0 Å². The van der Waals surface area contributed by atoms with Crippen LogP contribution in [0.1, 0.15) is 5.56 Å². The molecule has 0 saturated heterocycles. The van der Waals surface area contributed by atoms with Crippen LogP contribution in [-0.4, -0.2) is 8.07 Å². The molecular formula is C26H18Si. The summed E-state index contributed by atoms with van der Waals surface area (Å²) in [5.74, 6) is 2.93. The van der Waals surface area contributed by atoms with Crippen LogP contribution in [0.2, 0.25) is 0 Å². The van der Waals surface area contributed by atoms with Gasteiger partial charge in [-0.15, -0.1) is 6.42 Å². The van der Waals surface area contributed by atoms with Gasteiger partial charge >= 0.3 is 0 Å². The third-order valence-corrected chi connectivity index (χ3v) is 10.5. The van der Waals surface area contributed by atoms with Gasteiger partial charge in [0.15, 0.2) is 8.07 Å². The van der Waals surface area contributed by atoms with Crippen molar-refractivity contribution >= 4 is 28.8 Å². The molecule has 0 fully saturated rings. The van der Waals surface area contributed by atoms with Crippen LogP contribution in [0, 0.1) is 12.3 Å². The molecule has 4 aromatic rings. The second-order valence-corrected chi connectivity index (χ2v) is 10.6. The fraction of sp³-hybridized carbons (Fsp3) is 0. The number of hydrogen-bond donors (Lipinski definition) is 0. The Morgan fingerprint density at radius 1 is 0.556 bits per heavy atom. The number of rotatable bonds is 2. The van der Waals surface area contributed by atoms with Crippen LogP contribution in [-0.2, 0) is 0 Å². The van der Waals surface area contributed by atoms with Crippen LogP contribution in [0.25, 0.3) is 11.1 Å². The molecule has 0 bridgehead atoms. The van der Waals surface area contributed by atoms with Crippen LogP contribution in [0.3, 0.4) is 0 Å². The Balaban J connectivity index is 2.01. The molecule has 1 heteroatoms. The summed E-state index contributed by atoms with van der Waals surface area (Å²) >= 11 is 0. The second-order valence-electron chi connectivity index (χ2n) is 6.90. The van der Waals surface area contributed by atoms with Crippen LogP contribution in [0.4, 0.5) is 0 Å². The van der Waals surface area contributed by atoms with Gasteiger partial charge in [0.2, 0.25) is 0 Å². The van der Waals surface area contributed by atoms with Gasteiger partial charge in [-0.2, -0.15) is 0 Å². The quantitative estimate of drug-likeness (QED) is 0.336. The lowest BCUT2D eigenvalue weighted by molar-refractivity contribution is 1.66. The van der Waals surface area contributed by atoms with Crippen molar-refractivity contribution in [2.45, 2.75) is 0 Å². The number of terminal acetylenes is 1. The monoisotopic (exact) mass is 358 g/mol. The number of hydrogen-bond acceptors (Lipinski definition) is 0. The average Bonchev–Trinajstić information content (AvgIpc) is 3.06. The maximum absolute atomic E-state index is 5.91. The van der Waals surface area contributed by atoms with Crippen molar-refractivity contribution in [2.24, 2.45) is 0 Å². The standard InChI is InChI=1S/C26H18Si/c1-2-20-12-11-19-25-26(20)23-17-9-10-18-24(23)27(25,21-13-5-3-6-14-21)22-15-7-4-8-16-22/h1,3-19H. The number of benzene rings is 4. The predicted octanol–water partition coefficient (Wildman–Crippen LogP) is 3.03. The van der Waals surface area contributed by atoms with E-state index in [0.717, 1.165) is 5.56 Å². The Morgan fingerprint density at radius 2 is 1.11 bits per heavy atom. The highest BCUT2D eigenvalue weighted by molar-refractivity contribution is 7.22. The van der Waals surface area contributed by atoms with Crippen molar-refractivity contribution in [3.8, 4) is 23.5 Å². The molecule has 0 atom stereocenters. The summed E-state index contributed by atoms with van der Waals surface area (Å²) in [5, 5.41) is 5.63. The largest absolute Gasteiger partial charge is 0.180 e. The van der Waals surface area contributed by atoms with E-state index in [4.69, 9.17) is 6.42 Å². The third kappa shape index (κ3) is 2.11. The molecule has 0 saturated carbocycles. The molecular weight excluding hydrogens is 340 g/mol. The smallest absolute Gasteiger partial charge is 0.115 e. The van der Waals surface area contributed by atoms with E-state index in [1.807, 2.05) is 0 Å². The van der Waals surface area contributed by atoms with Crippen LogP contribution in [0.5, 0.6) is 0 Å². The van der Waals surface area contributed by atoms with Gasteiger partial charge in [0.25, 0.3) is 0 Å². The molecule has 1 heterocycles. The summed E-state index contributed by atoms with van der Waals surface area (Å²) in [7, 11) is -2.37. The topological polar surface area (TPSA) is 0 Å². The molecule has 0 radical (unpaired) electrons. The summed E-state index contributed by atoms with van der Waals surface area (Å²) in [6.45, 7) is 0. The zero-order valence-electron chi connectivity index (χ0n) is 14.9. The lowest BCUT2D eigenvalue weighted by Gasteiger charge is -2.31. The SMILES string of the molecule is C#Cc1cccc2c1-c1ccccc1[Si]2(c1ccccc1)c1ccccc1. The summed E-state index contributed by atoms with van der Waals surface area (Å²) in [6, 6.07) is 37.2. The lowest BCUT2D eigenvalue weighted by atomic mass is 10.0. The summed E-state index contributed by atoms with van der Waals surface area (Å²) in [5.41, 5.74) is 3.52. The first-order valence-corrected chi connectivity index (χ1v) is 11.2. The average molecular weight is 359 g/mol. The zero-order chi connectivity index (χ0) is 18.3. The maximum Gasteiger partial charge on any atom is 0.180 e. The third-order valence-electron chi connectivity index (χ3n) is 5.64. The molecule has 5 rings (SSSR count). The molecule has 0 aromatic heterocycles. The fourth-order valence-electron chi connectivity index (χ4n) is 4.61. The van der Waals surface area contributed by atoms with Crippen LogP contribution >= 0.6 is 0 Å². The van der Waals surface area contributed by atoms with Crippen molar-refractivity contribution in [1.29, 1.82) is 0 Å². The Labute approximate surface area is 161 Å². The molecule has 0 unspecified atom stereocenters. The first kappa shape index (κ1) is 15.9.